The molecule has 3 atom stereocenters. The number of nitriles is 1. The van der Waals surface area contributed by atoms with Crippen molar-refractivity contribution in [2.75, 3.05) is 0 Å². The molecule has 11 heteroatoms. The Morgan fingerprint density at radius 3 is 2.10 bits per heavy atom. The van der Waals surface area contributed by atoms with E-state index in [9.17, 15) is 46.6 Å². The number of benzene rings is 2. The lowest BCUT2D eigenvalue weighted by Gasteiger charge is -2.31. The first-order chi connectivity index (χ1) is 13.7. The van der Waals surface area contributed by atoms with E-state index in [1.165, 1.54) is 22.6 Å². The molecule has 0 aliphatic heterocycles. The number of ketones is 1. The second-order valence-corrected chi connectivity index (χ2v) is 8.40. The molecule has 158 valence electrons. The van der Waals surface area contributed by atoms with Crippen molar-refractivity contribution in [1.82, 2.24) is 0 Å². The Labute approximate surface area is 178 Å². The molecular weight excluding hydrogens is 531 g/mol. The number of Topliss-reactive ketones (excluding diaryl/α,β-unsaturated/α-hetero) is 1. The summed E-state index contributed by atoms with van der Waals surface area (Å²) in [5.74, 6) is -0.965. The quantitative estimate of drug-likeness (QED) is 0.328. The molecule has 0 spiro atoms. The SMILES string of the molecule is N#Cc1ccc(C(F)(F)F)cc1C(O)C1(I)C(=O)c2ccc(C(F)(F)F)cc2C1O. The molecule has 30 heavy (non-hydrogen) atoms. The summed E-state index contributed by atoms with van der Waals surface area (Å²) in [5, 5.41) is 30.6. The number of hydrogen-bond acceptors (Lipinski definition) is 4. The molecule has 2 aromatic rings. The number of carbonyl (C=O) groups excluding carboxylic acids is 1. The maximum atomic E-state index is 13.1. The van der Waals surface area contributed by atoms with Crippen LogP contribution in [0.2, 0.25) is 0 Å². The number of nitrogens with zero attached hydrogens (tertiary/aromatic N) is 1. The Kier molecular flexibility index (Phi) is 5.41. The predicted molar refractivity (Wildman–Crippen MR) is 98.6 cm³/mol. The summed E-state index contributed by atoms with van der Waals surface area (Å²) in [6.07, 6.45) is -13.6. The van der Waals surface area contributed by atoms with Gasteiger partial charge in [-0.1, -0.05) is 28.7 Å². The second kappa shape index (κ2) is 7.21. The van der Waals surface area contributed by atoms with Crippen molar-refractivity contribution in [3.8, 4) is 6.07 Å². The molecule has 0 fully saturated rings. The standard InChI is InChI=1S/C19H10F6INO3/c20-18(21,22)9-2-1-8(7-27)12(5-9)15(29)17(26)14(28)11-4-3-10(19(23,24)25)6-13(11)16(17)30/h1-6,15-16,29-30H. The Bertz CT molecular complexity index is 1080. The molecule has 0 saturated carbocycles. The van der Waals surface area contributed by atoms with E-state index in [-0.39, 0.29) is 11.1 Å². The van der Waals surface area contributed by atoms with Crippen LogP contribution >= 0.6 is 22.6 Å². The van der Waals surface area contributed by atoms with Gasteiger partial charge in [-0.05, 0) is 35.9 Å². The summed E-state index contributed by atoms with van der Waals surface area (Å²) in [6.45, 7) is 0. The van der Waals surface area contributed by atoms with Crippen LogP contribution in [0.4, 0.5) is 26.3 Å². The number of hydrogen-bond donors (Lipinski definition) is 2. The molecule has 3 rings (SSSR count). The number of carbonyl (C=O) groups is 1. The minimum atomic E-state index is -4.82. The van der Waals surface area contributed by atoms with Gasteiger partial charge in [-0.25, -0.2) is 0 Å². The Morgan fingerprint density at radius 1 is 1.03 bits per heavy atom. The van der Waals surface area contributed by atoms with Gasteiger partial charge in [0, 0.05) is 11.1 Å². The number of halogens is 7. The Balaban J connectivity index is 2.14. The van der Waals surface area contributed by atoms with Crippen LogP contribution in [0.5, 0.6) is 0 Å². The molecule has 0 heterocycles. The van der Waals surface area contributed by atoms with Gasteiger partial charge in [-0.15, -0.1) is 0 Å². The van der Waals surface area contributed by atoms with Crippen molar-refractivity contribution < 1.29 is 41.4 Å². The normalized spacial score (nSPS) is 22.5. The van der Waals surface area contributed by atoms with Crippen molar-refractivity contribution in [2.45, 2.75) is 28.0 Å². The summed E-state index contributed by atoms with van der Waals surface area (Å²) < 4.78 is 76.0. The highest BCUT2D eigenvalue weighted by Crippen LogP contribution is 2.53. The highest BCUT2D eigenvalue weighted by atomic mass is 127. The van der Waals surface area contributed by atoms with Gasteiger partial charge in [0.2, 0.25) is 0 Å². The van der Waals surface area contributed by atoms with Gasteiger partial charge in [0.15, 0.2) is 5.78 Å². The first-order valence-corrected chi connectivity index (χ1v) is 9.23. The van der Waals surface area contributed by atoms with Crippen molar-refractivity contribution in [3.05, 3.63) is 69.8 Å². The van der Waals surface area contributed by atoms with Crippen LogP contribution in [0, 0.1) is 11.3 Å². The average Bonchev–Trinajstić information content (AvgIpc) is 2.87. The molecule has 0 amide bonds. The maximum Gasteiger partial charge on any atom is 0.416 e. The molecule has 0 aromatic heterocycles. The number of aliphatic hydroxyl groups is 2. The molecule has 2 N–H and O–H groups in total. The molecular formula is C19H10F6INO3. The van der Waals surface area contributed by atoms with Crippen molar-refractivity contribution >= 4 is 28.4 Å². The van der Waals surface area contributed by atoms with Crippen LogP contribution in [0.15, 0.2) is 36.4 Å². The lowest BCUT2D eigenvalue weighted by atomic mass is 9.87. The number of alkyl halides is 7. The molecule has 2 aromatic carbocycles. The molecule has 0 bridgehead atoms. The van der Waals surface area contributed by atoms with Crippen molar-refractivity contribution in [1.29, 1.82) is 5.26 Å². The molecule has 0 saturated heterocycles. The van der Waals surface area contributed by atoms with Crippen LogP contribution in [-0.2, 0) is 12.4 Å². The second-order valence-electron chi connectivity index (χ2n) is 6.61. The van der Waals surface area contributed by atoms with Gasteiger partial charge in [0.05, 0.1) is 22.8 Å². The topological polar surface area (TPSA) is 81.3 Å². The fourth-order valence-electron chi connectivity index (χ4n) is 3.30. The predicted octanol–water partition coefficient (Wildman–Crippen LogP) is 4.73. The molecule has 4 nitrogen and oxygen atoms in total. The fourth-order valence-corrected chi connectivity index (χ4v) is 4.26. The monoisotopic (exact) mass is 541 g/mol. The number of rotatable bonds is 2. The fraction of sp³-hybridized carbons (Fsp3) is 0.263. The summed E-state index contributed by atoms with van der Waals surface area (Å²) in [4.78, 5) is 12.9. The van der Waals surface area contributed by atoms with Gasteiger partial charge < -0.3 is 10.2 Å². The van der Waals surface area contributed by atoms with E-state index < -0.39 is 56.0 Å². The smallest absolute Gasteiger partial charge is 0.386 e. The third-order valence-electron chi connectivity index (χ3n) is 4.86. The number of aliphatic hydroxyl groups excluding tert-OH is 2. The summed E-state index contributed by atoms with van der Waals surface area (Å²) in [7, 11) is 0. The first-order valence-electron chi connectivity index (χ1n) is 8.15. The Hall–Kier alpha value is -2.17. The largest absolute Gasteiger partial charge is 0.416 e. The van der Waals surface area contributed by atoms with Crippen LogP contribution in [0.1, 0.15) is 50.4 Å². The highest BCUT2D eigenvalue weighted by Gasteiger charge is 2.57. The van der Waals surface area contributed by atoms with E-state index in [1.54, 1.807) is 6.07 Å². The van der Waals surface area contributed by atoms with E-state index in [4.69, 9.17) is 0 Å². The third-order valence-corrected chi connectivity index (χ3v) is 6.53. The van der Waals surface area contributed by atoms with E-state index in [0.717, 1.165) is 12.1 Å². The van der Waals surface area contributed by atoms with Crippen LogP contribution in [-0.4, -0.2) is 19.4 Å². The molecule has 1 aliphatic rings. The molecule has 3 unspecified atom stereocenters. The zero-order chi connectivity index (χ0) is 22.6. The van der Waals surface area contributed by atoms with E-state index in [1.807, 2.05) is 0 Å². The molecule has 1 aliphatic carbocycles. The zero-order valence-electron chi connectivity index (χ0n) is 14.5. The minimum Gasteiger partial charge on any atom is -0.386 e. The van der Waals surface area contributed by atoms with Gasteiger partial charge in [-0.3, -0.25) is 4.79 Å². The van der Waals surface area contributed by atoms with Gasteiger partial charge in [0.25, 0.3) is 0 Å². The third kappa shape index (κ3) is 3.46. The number of fused-ring (bicyclic) bond motifs is 1. The van der Waals surface area contributed by atoms with Gasteiger partial charge in [-0.2, -0.15) is 31.6 Å². The average molecular weight is 541 g/mol. The van der Waals surface area contributed by atoms with Crippen LogP contribution in [0.3, 0.4) is 0 Å². The minimum absolute atomic E-state index is 0.297. The molecule has 0 radical (unpaired) electrons. The van der Waals surface area contributed by atoms with Crippen LogP contribution in [0.25, 0.3) is 0 Å². The van der Waals surface area contributed by atoms with Gasteiger partial charge in [0.1, 0.15) is 15.6 Å². The Morgan fingerprint density at radius 2 is 1.57 bits per heavy atom. The first kappa shape index (κ1) is 22.5. The highest BCUT2D eigenvalue weighted by molar-refractivity contribution is 14.1. The van der Waals surface area contributed by atoms with E-state index in [2.05, 4.69) is 0 Å². The van der Waals surface area contributed by atoms with E-state index >= 15 is 0 Å². The van der Waals surface area contributed by atoms with Crippen LogP contribution < -0.4 is 0 Å². The summed E-state index contributed by atoms with van der Waals surface area (Å²) in [6, 6.07) is 5.54. The van der Waals surface area contributed by atoms with Crippen molar-refractivity contribution in [3.63, 3.8) is 0 Å². The lowest BCUT2D eigenvalue weighted by Crippen LogP contribution is -2.39. The summed E-state index contributed by atoms with van der Waals surface area (Å²) >= 11 is 1.32. The van der Waals surface area contributed by atoms with E-state index in [0.29, 0.717) is 24.3 Å². The van der Waals surface area contributed by atoms with Crippen molar-refractivity contribution in [2.24, 2.45) is 0 Å². The lowest BCUT2D eigenvalue weighted by molar-refractivity contribution is -0.138. The zero-order valence-corrected chi connectivity index (χ0v) is 16.7. The maximum absolute atomic E-state index is 13.1. The van der Waals surface area contributed by atoms with Gasteiger partial charge >= 0.3 is 12.4 Å². The summed E-state index contributed by atoms with van der Waals surface area (Å²) in [5.41, 5.74) is -3.99.